The summed E-state index contributed by atoms with van der Waals surface area (Å²) in [6.07, 6.45) is 0. The highest BCUT2D eigenvalue weighted by Crippen LogP contribution is 2.49. The van der Waals surface area contributed by atoms with Crippen molar-refractivity contribution in [1.82, 2.24) is 0 Å². The van der Waals surface area contributed by atoms with Gasteiger partial charge in [0.15, 0.2) is 14.3 Å². The second-order valence-corrected chi connectivity index (χ2v) is 8.31. The molecule has 0 radical (unpaired) electrons. The third kappa shape index (κ3) is 3.14. The van der Waals surface area contributed by atoms with Gasteiger partial charge in [0.05, 0.1) is 0 Å². The molecular formula is C20H16Cl3S+. The molecule has 122 valence electrons. The minimum atomic E-state index is -0.141. The molecule has 0 aliphatic heterocycles. The minimum Gasteiger partial charge on any atom is -0.0843 e. The molecule has 0 unspecified atom stereocenters. The van der Waals surface area contributed by atoms with Gasteiger partial charge in [0.2, 0.25) is 0 Å². The monoisotopic (exact) mass is 393 g/mol. The van der Waals surface area contributed by atoms with Crippen molar-refractivity contribution < 1.29 is 0 Å². The van der Waals surface area contributed by atoms with E-state index in [0.29, 0.717) is 0 Å². The topological polar surface area (TPSA) is 0 Å². The smallest absolute Gasteiger partial charge is 0.0843 e. The average Bonchev–Trinajstić information content (AvgIpc) is 2.90. The number of hydrogen-bond acceptors (Lipinski definition) is 0. The van der Waals surface area contributed by atoms with E-state index in [9.17, 15) is 0 Å². The lowest BCUT2D eigenvalue weighted by molar-refractivity contribution is 1.50. The first-order valence-electron chi connectivity index (χ1n) is 7.73. The van der Waals surface area contributed by atoms with E-state index >= 15 is 0 Å². The number of thiophene rings is 1. The van der Waals surface area contributed by atoms with E-state index in [1.54, 1.807) is 0 Å². The summed E-state index contributed by atoms with van der Waals surface area (Å²) in [4.78, 5) is 1.24. The zero-order valence-electron chi connectivity index (χ0n) is 13.3. The summed E-state index contributed by atoms with van der Waals surface area (Å²) in [6.45, 7) is 4.00. The lowest BCUT2D eigenvalue weighted by Gasteiger charge is -1.94. The van der Waals surface area contributed by atoms with E-state index in [0.717, 1.165) is 15.1 Å². The molecule has 0 amide bonds. The molecule has 4 heteroatoms. The highest BCUT2D eigenvalue weighted by molar-refractivity contribution is 7.50. The number of benzene rings is 3. The molecule has 0 fully saturated rings. The number of rotatable bonds is 1. The van der Waals surface area contributed by atoms with Crippen molar-refractivity contribution in [3.63, 3.8) is 0 Å². The largest absolute Gasteiger partial charge is 0.187 e. The van der Waals surface area contributed by atoms with E-state index in [4.69, 9.17) is 34.8 Å². The van der Waals surface area contributed by atoms with Crippen molar-refractivity contribution in [2.45, 2.75) is 13.8 Å². The summed E-state index contributed by atoms with van der Waals surface area (Å²) in [5.41, 5.74) is 0. The predicted octanol–water partition coefficient (Wildman–Crippen LogP) is 8.72. The Morgan fingerprint density at radius 2 is 1.00 bits per heavy atom. The standard InChI is InChI=1S/C18H10Cl3S.C2H6/c19-11-1-5-14(6-2-11)22-17-7-3-12(20)9-15(17)16-10-13(21)4-8-18(16)22;1-2/h1-10H;1-2H3/q+1;. The molecule has 24 heavy (non-hydrogen) atoms. The zero-order chi connectivity index (χ0) is 17.3. The van der Waals surface area contributed by atoms with Crippen LogP contribution in [0.15, 0.2) is 60.7 Å². The minimum absolute atomic E-state index is 0.141. The Morgan fingerprint density at radius 3 is 1.46 bits per heavy atom. The Balaban J connectivity index is 0.000000815. The lowest BCUT2D eigenvalue weighted by Crippen LogP contribution is -1.70. The summed E-state index contributed by atoms with van der Waals surface area (Å²) in [5.74, 6) is 0. The molecule has 1 heterocycles. The Morgan fingerprint density at radius 1 is 0.583 bits per heavy atom. The van der Waals surface area contributed by atoms with Crippen LogP contribution in [0.4, 0.5) is 0 Å². The van der Waals surface area contributed by atoms with E-state index in [1.165, 1.54) is 25.1 Å². The maximum atomic E-state index is 6.20. The molecule has 0 nitrogen and oxygen atoms in total. The Bertz CT molecular complexity index is 942. The van der Waals surface area contributed by atoms with Crippen LogP contribution in [0.5, 0.6) is 0 Å². The highest BCUT2D eigenvalue weighted by atomic mass is 35.5. The van der Waals surface area contributed by atoms with Crippen molar-refractivity contribution in [2.75, 3.05) is 0 Å². The summed E-state index contributed by atoms with van der Waals surface area (Å²) >= 11 is 18.4. The Labute approximate surface area is 159 Å². The SMILES string of the molecule is CC.Clc1ccc(-[s+]2c3ccc(Cl)cc3c3cc(Cl)ccc32)cc1. The molecule has 0 aliphatic carbocycles. The van der Waals surface area contributed by atoms with Gasteiger partial charge in [-0.3, -0.25) is 0 Å². The highest BCUT2D eigenvalue weighted by Gasteiger charge is 2.23. The Hall–Kier alpha value is -1.25. The first kappa shape index (κ1) is 17.6. The van der Waals surface area contributed by atoms with Gasteiger partial charge in [0, 0.05) is 48.4 Å². The second kappa shape index (κ2) is 7.33. The third-order valence-corrected chi connectivity index (χ3v) is 6.72. The van der Waals surface area contributed by atoms with Crippen molar-refractivity contribution in [2.24, 2.45) is 0 Å². The molecule has 0 bridgehead atoms. The predicted molar refractivity (Wildman–Crippen MR) is 112 cm³/mol. The van der Waals surface area contributed by atoms with Gasteiger partial charge in [-0.2, -0.15) is 0 Å². The van der Waals surface area contributed by atoms with Gasteiger partial charge >= 0.3 is 0 Å². The van der Waals surface area contributed by atoms with Crippen LogP contribution >= 0.6 is 45.3 Å². The normalized spacial score (nSPS) is 10.7. The molecule has 1 aromatic heterocycles. The fourth-order valence-corrected chi connectivity index (χ4v) is 5.53. The van der Waals surface area contributed by atoms with Gasteiger partial charge < -0.3 is 0 Å². The first-order chi connectivity index (χ1) is 11.6. The Kier molecular flexibility index (Phi) is 5.36. The van der Waals surface area contributed by atoms with Gasteiger partial charge in [-0.1, -0.05) is 48.7 Å². The quantitative estimate of drug-likeness (QED) is 0.283. The van der Waals surface area contributed by atoms with Gasteiger partial charge in [0.1, 0.15) is 0 Å². The molecule has 0 N–H and O–H groups in total. The lowest BCUT2D eigenvalue weighted by atomic mass is 10.1. The molecule has 3 aromatic carbocycles. The second-order valence-electron chi connectivity index (χ2n) is 5.04. The van der Waals surface area contributed by atoms with Gasteiger partial charge in [0.25, 0.3) is 0 Å². The van der Waals surface area contributed by atoms with Crippen molar-refractivity contribution in [3.8, 4) is 4.90 Å². The first-order valence-corrected chi connectivity index (χ1v) is 10.1. The van der Waals surface area contributed by atoms with Crippen LogP contribution in [0.2, 0.25) is 15.1 Å². The van der Waals surface area contributed by atoms with Crippen LogP contribution in [-0.4, -0.2) is 0 Å². The number of fused-ring (bicyclic) bond motifs is 3. The van der Waals surface area contributed by atoms with Gasteiger partial charge in [-0.25, -0.2) is 0 Å². The van der Waals surface area contributed by atoms with E-state index in [2.05, 4.69) is 24.3 Å². The van der Waals surface area contributed by atoms with E-state index < -0.39 is 0 Å². The average molecular weight is 395 g/mol. The molecule has 0 spiro atoms. The fraction of sp³-hybridized carbons (Fsp3) is 0.100. The van der Waals surface area contributed by atoms with Gasteiger partial charge in [-0.15, -0.1) is 0 Å². The molecule has 0 saturated heterocycles. The van der Waals surface area contributed by atoms with Crippen LogP contribution in [-0.2, 0) is 0 Å². The number of hydrogen-bond donors (Lipinski definition) is 0. The summed E-state index contributed by atoms with van der Waals surface area (Å²) in [5, 5.41) is 4.57. The summed E-state index contributed by atoms with van der Waals surface area (Å²) in [7, 11) is -0.141. The van der Waals surface area contributed by atoms with Crippen molar-refractivity contribution in [1.29, 1.82) is 0 Å². The molecular weight excluding hydrogens is 379 g/mol. The van der Waals surface area contributed by atoms with Crippen molar-refractivity contribution >= 4 is 65.4 Å². The fourth-order valence-electron chi connectivity index (χ4n) is 2.72. The third-order valence-electron chi connectivity index (χ3n) is 3.66. The molecule has 0 aliphatic rings. The van der Waals surface area contributed by atoms with E-state index in [1.807, 2.05) is 50.2 Å². The van der Waals surface area contributed by atoms with Crippen LogP contribution in [0.25, 0.3) is 25.1 Å². The van der Waals surface area contributed by atoms with Gasteiger partial charge in [-0.05, 0) is 48.5 Å². The number of halogens is 3. The van der Waals surface area contributed by atoms with Crippen LogP contribution < -0.4 is 0 Å². The summed E-state index contributed by atoms with van der Waals surface area (Å²) in [6, 6.07) is 20.2. The molecule has 0 saturated carbocycles. The van der Waals surface area contributed by atoms with E-state index in [-0.39, 0.29) is 10.5 Å². The van der Waals surface area contributed by atoms with Crippen LogP contribution in [0.1, 0.15) is 13.8 Å². The molecule has 4 aromatic rings. The summed E-state index contributed by atoms with van der Waals surface area (Å²) < 4.78 is 2.56. The maximum Gasteiger partial charge on any atom is 0.187 e. The molecule has 4 rings (SSSR count). The maximum absolute atomic E-state index is 6.20. The van der Waals surface area contributed by atoms with Crippen LogP contribution in [0.3, 0.4) is 0 Å². The van der Waals surface area contributed by atoms with Crippen LogP contribution in [0, 0.1) is 0 Å². The van der Waals surface area contributed by atoms with Crippen molar-refractivity contribution in [3.05, 3.63) is 75.7 Å². The molecule has 0 atom stereocenters. The zero-order valence-corrected chi connectivity index (χ0v) is 16.4.